The summed E-state index contributed by atoms with van der Waals surface area (Å²) in [6.45, 7) is 7.09. The number of nitrogens with one attached hydrogen (secondary N) is 3. The summed E-state index contributed by atoms with van der Waals surface area (Å²) in [5.74, 6) is 0.0930. The molecular weight excluding hydrogens is 547 g/mol. The number of aromatic amines is 1. The smallest absolute Gasteiger partial charge is 0.471 e. The fourth-order valence-electron chi connectivity index (χ4n) is 3.99. The molecule has 15 heteroatoms. The SMILES string of the molecule is COc1c(Nc2cc(C)[nH]n2)nc(Sc2ccc(NC(=O)C(F)(F)F)cc2)nc1N1CCN(CCN(C)C)CC1. The van der Waals surface area contributed by atoms with Crippen molar-refractivity contribution in [3.8, 4) is 5.75 Å². The van der Waals surface area contributed by atoms with Crippen molar-refractivity contribution < 1.29 is 22.7 Å². The fourth-order valence-corrected chi connectivity index (χ4v) is 4.75. The Kier molecular flexibility index (Phi) is 9.37. The van der Waals surface area contributed by atoms with Crippen molar-refractivity contribution in [2.75, 3.05) is 76.0 Å². The predicted octanol–water partition coefficient (Wildman–Crippen LogP) is 3.60. The maximum atomic E-state index is 12.6. The number of hydrogen-bond donors (Lipinski definition) is 3. The third-order valence-corrected chi connectivity index (χ3v) is 6.97. The Morgan fingerprint density at radius 2 is 1.85 bits per heavy atom. The summed E-state index contributed by atoms with van der Waals surface area (Å²) >= 11 is 1.24. The zero-order valence-electron chi connectivity index (χ0n) is 22.7. The lowest BCUT2D eigenvalue weighted by Crippen LogP contribution is -2.48. The number of nitrogens with zero attached hydrogens (tertiary/aromatic N) is 6. The van der Waals surface area contributed by atoms with Gasteiger partial charge in [0.25, 0.3) is 0 Å². The van der Waals surface area contributed by atoms with Gasteiger partial charge in [0.15, 0.2) is 22.6 Å². The molecule has 0 atom stereocenters. The van der Waals surface area contributed by atoms with Crippen LogP contribution in [0.2, 0.25) is 0 Å². The van der Waals surface area contributed by atoms with E-state index < -0.39 is 12.1 Å². The van der Waals surface area contributed by atoms with Gasteiger partial charge in [-0.05, 0) is 57.0 Å². The summed E-state index contributed by atoms with van der Waals surface area (Å²) in [4.78, 5) is 28.1. The average molecular weight is 580 g/mol. The predicted molar refractivity (Wildman–Crippen MR) is 148 cm³/mol. The number of carbonyl (C=O) groups is 1. The van der Waals surface area contributed by atoms with Gasteiger partial charge in [-0.3, -0.25) is 14.8 Å². The molecule has 0 saturated carbocycles. The van der Waals surface area contributed by atoms with Crippen LogP contribution in [0.3, 0.4) is 0 Å². The zero-order chi connectivity index (χ0) is 28.9. The lowest BCUT2D eigenvalue weighted by Gasteiger charge is -2.36. The van der Waals surface area contributed by atoms with Crippen LogP contribution in [0.5, 0.6) is 5.75 Å². The normalized spacial score (nSPS) is 14.4. The minimum absolute atomic E-state index is 0.0337. The van der Waals surface area contributed by atoms with Crippen LogP contribution in [-0.4, -0.2) is 103 Å². The van der Waals surface area contributed by atoms with Gasteiger partial charge in [-0.25, -0.2) is 9.97 Å². The lowest BCUT2D eigenvalue weighted by atomic mass is 10.3. The van der Waals surface area contributed by atoms with Crippen molar-refractivity contribution in [3.05, 3.63) is 36.0 Å². The third-order valence-electron chi connectivity index (χ3n) is 6.10. The van der Waals surface area contributed by atoms with E-state index in [9.17, 15) is 18.0 Å². The van der Waals surface area contributed by atoms with Crippen molar-refractivity contribution >= 4 is 40.8 Å². The minimum Gasteiger partial charge on any atom is -0.490 e. The molecule has 0 radical (unpaired) electrons. The van der Waals surface area contributed by atoms with E-state index in [2.05, 4.69) is 49.3 Å². The molecule has 1 aliphatic heterocycles. The van der Waals surface area contributed by atoms with E-state index >= 15 is 0 Å². The third kappa shape index (κ3) is 7.76. The summed E-state index contributed by atoms with van der Waals surface area (Å²) in [6.07, 6.45) is -4.96. The molecule has 0 unspecified atom stereocenters. The van der Waals surface area contributed by atoms with Crippen LogP contribution >= 0.6 is 11.8 Å². The highest BCUT2D eigenvalue weighted by Gasteiger charge is 2.38. The maximum Gasteiger partial charge on any atom is 0.471 e. The largest absolute Gasteiger partial charge is 0.490 e. The first-order chi connectivity index (χ1) is 19.0. The first kappa shape index (κ1) is 29.4. The van der Waals surface area contributed by atoms with Crippen LogP contribution in [0.25, 0.3) is 0 Å². The molecule has 1 fully saturated rings. The Morgan fingerprint density at radius 3 is 2.42 bits per heavy atom. The molecule has 2 aromatic heterocycles. The Bertz CT molecular complexity index is 1290. The highest BCUT2D eigenvalue weighted by atomic mass is 32.2. The molecule has 0 spiro atoms. The summed E-state index contributed by atoms with van der Waals surface area (Å²) in [6, 6.07) is 7.82. The lowest BCUT2D eigenvalue weighted by molar-refractivity contribution is -0.167. The molecule has 11 nitrogen and oxygen atoms in total. The van der Waals surface area contributed by atoms with Gasteiger partial charge in [0.05, 0.1) is 7.11 Å². The van der Waals surface area contributed by atoms with E-state index in [4.69, 9.17) is 9.72 Å². The number of carbonyl (C=O) groups excluding carboxylic acids is 1. The van der Waals surface area contributed by atoms with Gasteiger partial charge >= 0.3 is 12.1 Å². The van der Waals surface area contributed by atoms with Gasteiger partial charge in [0.1, 0.15) is 0 Å². The van der Waals surface area contributed by atoms with Crippen LogP contribution in [0, 0.1) is 6.92 Å². The fraction of sp³-hybridized carbons (Fsp3) is 0.440. The van der Waals surface area contributed by atoms with E-state index in [1.807, 2.05) is 18.3 Å². The number of alkyl halides is 3. The molecule has 1 amide bonds. The summed E-state index contributed by atoms with van der Waals surface area (Å²) < 4.78 is 43.5. The van der Waals surface area contributed by atoms with Crippen LogP contribution in [0.15, 0.2) is 40.4 Å². The van der Waals surface area contributed by atoms with E-state index in [1.54, 1.807) is 19.2 Å². The van der Waals surface area contributed by atoms with Crippen molar-refractivity contribution in [2.24, 2.45) is 0 Å². The Morgan fingerprint density at radius 1 is 1.15 bits per heavy atom. The van der Waals surface area contributed by atoms with Crippen molar-refractivity contribution in [2.45, 2.75) is 23.2 Å². The molecule has 1 aliphatic rings. The molecule has 1 aromatic carbocycles. The van der Waals surface area contributed by atoms with Crippen LogP contribution < -0.4 is 20.3 Å². The Balaban J connectivity index is 1.58. The summed E-state index contributed by atoms with van der Waals surface area (Å²) in [5.41, 5.74) is 0.906. The highest BCUT2D eigenvalue weighted by molar-refractivity contribution is 7.99. The van der Waals surface area contributed by atoms with Crippen LogP contribution in [-0.2, 0) is 4.79 Å². The second-order valence-corrected chi connectivity index (χ2v) is 10.5. The Hall–Kier alpha value is -3.56. The van der Waals surface area contributed by atoms with Gasteiger partial charge in [-0.2, -0.15) is 18.3 Å². The van der Waals surface area contributed by atoms with E-state index in [-0.39, 0.29) is 5.69 Å². The summed E-state index contributed by atoms with van der Waals surface area (Å²) in [5, 5.41) is 12.6. The molecule has 1 saturated heterocycles. The number of H-pyrrole nitrogens is 1. The average Bonchev–Trinajstić information content (AvgIpc) is 3.32. The van der Waals surface area contributed by atoms with Crippen molar-refractivity contribution in [3.63, 3.8) is 0 Å². The van der Waals surface area contributed by atoms with Gasteiger partial charge in [0, 0.05) is 61.6 Å². The van der Waals surface area contributed by atoms with E-state index in [0.29, 0.717) is 33.3 Å². The van der Waals surface area contributed by atoms with Gasteiger partial charge in [-0.1, -0.05) is 0 Å². The number of aromatic nitrogens is 4. The van der Waals surface area contributed by atoms with Crippen molar-refractivity contribution in [1.29, 1.82) is 0 Å². The maximum absolute atomic E-state index is 12.6. The summed E-state index contributed by atoms with van der Waals surface area (Å²) in [7, 11) is 5.68. The monoisotopic (exact) mass is 579 g/mol. The molecule has 216 valence electrons. The number of rotatable bonds is 10. The first-order valence-electron chi connectivity index (χ1n) is 12.5. The molecule has 3 N–H and O–H groups in total. The standard InChI is InChI=1S/C25H32F3N9O2S/c1-16-15-19(34-33-16)30-21-20(39-4)22(37-13-11-36(12-14-37)10-9-35(2)3)32-24(31-21)40-18-7-5-17(6-8-18)29-23(38)25(26,27)28/h5-8,15H,9-14H2,1-4H3,(H,29,38)(H2,30,31,32,33,34). The number of amides is 1. The number of hydrogen-bond acceptors (Lipinski definition) is 10. The quantitative estimate of drug-likeness (QED) is 0.308. The van der Waals surface area contributed by atoms with Crippen LogP contribution in [0.1, 0.15) is 5.69 Å². The minimum atomic E-state index is -4.96. The Labute approximate surface area is 234 Å². The van der Waals surface area contributed by atoms with Gasteiger partial charge < -0.3 is 25.2 Å². The second-order valence-electron chi connectivity index (χ2n) is 9.48. The number of aryl methyl sites for hydroxylation is 1. The number of anilines is 4. The van der Waals surface area contributed by atoms with E-state index in [1.165, 1.54) is 23.9 Å². The number of piperazine rings is 1. The number of likely N-dealkylation sites (N-methyl/N-ethyl adjacent to an activating group) is 1. The molecule has 40 heavy (non-hydrogen) atoms. The number of benzene rings is 1. The second kappa shape index (κ2) is 12.7. The number of methoxy groups -OCH3 is 1. The number of halogens is 3. The number of ether oxygens (including phenoxy) is 1. The molecule has 4 rings (SSSR count). The highest BCUT2D eigenvalue weighted by Crippen LogP contribution is 2.38. The van der Waals surface area contributed by atoms with E-state index in [0.717, 1.165) is 45.0 Å². The first-order valence-corrected chi connectivity index (χ1v) is 13.4. The van der Waals surface area contributed by atoms with Gasteiger partial charge in [0.2, 0.25) is 5.75 Å². The molecule has 0 aliphatic carbocycles. The molecule has 3 aromatic rings. The van der Waals surface area contributed by atoms with Crippen LogP contribution in [0.4, 0.5) is 36.3 Å². The molecular formula is C25H32F3N9O2S. The van der Waals surface area contributed by atoms with Crippen molar-refractivity contribution in [1.82, 2.24) is 30.0 Å². The van der Waals surface area contributed by atoms with Gasteiger partial charge in [-0.15, -0.1) is 0 Å². The molecule has 0 bridgehead atoms. The molecule has 3 heterocycles. The zero-order valence-corrected chi connectivity index (χ0v) is 23.5. The topological polar surface area (TPSA) is 115 Å².